The van der Waals surface area contributed by atoms with Gasteiger partial charge in [0.15, 0.2) is 11.6 Å². The number of halogens is 1. The first kappa shape index (κ1) is 25.1. The van der Waals surface area contributed by atoms with Crippen LogP contribution in [0, 0.1) is 5.82 Å². The summed E-state index contributed by atoms with van der Waals surface area (Å²) in [5.74, 6) is -0.347. The summed E-state index contributed by atoms with van der Waals surface area (Å²) >= 11 is 6.80. The van der Waals surface area contributed by atoms with Gasteiger partial charge in [-0.05, 0) is 49.8 Å². The zero-order valence-electron chi connectivity index (χ0n) is 19.9. The van der Waals surface area contributed by atoms with Gasteiger partial charge in [0, 0.05) is 23.9 Å². The molecule has 4 rings (SSSR count). The molecule has 2 aromatic carbocycles. The van der Waals surface area contributed by atoms with Gasteiger partial charge in [0.25, 0.3) is 5.91 Å². The summed E-state index contributed by atoms with van der Waals surface area (Å²) in [6, 6.07) is 14.5. The molecule has 0 spiro atoms. The number of thiocarbonyl (C=S) groups is 1. The molecular formula is C27H28FN3O2S2. The van der Waals surface area contributed by atoms with Crippen molar-refractivity contribution in [3.8, 4) is 22.7 Å². The second-order valence-corrected chi connectivity index (χ2v) is 9.86. The van der Waals surface area contributed by atoms with Gasteiger partial charge in [-0.15, -0.1) is 0 Å². The number of aromatic nitrogens is 2. The predicted octanol–water partition coefficient (Wildman–Crippen LogP) is 6.86. The first-order valence-electron chi connectivity index (χ1n) is 11.8. The molecule has 8 heteroatoms. The molecule has 1 saturated heterocycles. The Balaban J connectivity index is 1.69. The van der Waals surface area contributed by atoms with E-state index in [9.17, 15) is 9.18 Å². The van der Waals surface area contributed by atoms with E-state index in [2.05, 4.69) is 6.92 Å². The highest BCUT2D eigenvalue weighted by Crippen LogP contribution is 2.35. The molecule has 0 N–H and O–H groups in total. The quantitative estimate of drug-likeness (QED) is 0.170. The highest BCUT2D eigenvalue weighted by Gasteiger charge is 2.32. The Kier molecular flexibility index (Phi) is 8.36. The molecule has 1 aromatic heterocycles. The minimum absolute atomic E-state index is 0.0900. The van der Waals surface area contributed by atoms with Crippen molar-refractivity contribution in [1.29, 1.82) is 0 Å². The average molecular weight is 510 g/mol. The maximum Gasteiger partial charge on any atom is 0.266 e. The number of hydrogen-bond acceptors (Lipinski definition) is 5. The maximum atomic E-state index is 14.7. The third-order valence-electron chi connectivity index (χ3n) is 5.66. The fourth-order valence-corrected chi connectivity index (χ4v) is 5.18. The molecule has 1 aliphatic heterocycles. The van der Waals surface area contributed by atoms with E-state index in [4.69, 9.17) is 22.1 Å². The molecule has 0 unspecified atom stereocenters. The van der Waals surface area contributed by atoms with Gasteiger partial charge in [0.05, 0.1) is 17.2 Å². The molecular weight excluding hydrogens is 481 g/mol. The number of rotatable bonds is 10. The largest absolute Gasteiger partial charge is 0.491 e. The number of thioether (sulfide) groups is 1. The summed E-state index contributed by atoms with van der Waals surface area (Å²) in [7, 11) is 0. The van der Waals surface area contributed by atoms with Crippen molar-refractivity contribution < 1.29 is 13.9 Å². The van der Waals surface area contributed by atoms with Gasteiger partial charge in [0.2, 0.25) is 0 Å². The van der Waals surface area contributed by atoms with E-state index in [1.807, 2.05) is 49.5 Å². The smallest absolute Gasteiger partial charge is 0.266 e. The summed E-state index contributed by atoms with van der Waals surface area (Å²) in [6.45, 7) is 4.98. The Bertz CT molecular complexity index is 1240. The molecule has 0 atom stereocenters. The van der Waals surface area contributed by atoms with Crippen LogP contribution in [0.25, 0.3) is 23.0 Å². The van der Waals surface area contributed by atoms with Gasteiger partial charge in [0.1, 0.15) is 10.0 Å². The molecule has 2 heterocycles. The van der Waals surface area contributed by atoms with Gasteiger partial charge in [-0.25, -0.2) is 9.07 Å². The van der Waals surface area contributed by atoms with Gasteiger partial charge in [-0.1, -0.05) is 68.4 Å². The lowest BCUT2D eigenvalue weighted by atomic mass is 10.1. The molecule has 1 amide bonds. The van der Waals surface area contributed by atoms with Gasteiger partial charge in [-0.2, -0.15) is 5.10 Å². The van der Waals surface area contributed by atoms with Crippen molar-refractivity contribution in [3.63, 3.8) is 0 Å². The summed E-state index contributed by atoms with van der Waals surface area (Å²) < 4.78 is 22.3. The van der Waals surface area contributed by atoms with E-state index < -0.39 is 5.82 Å². The lowest BCUT2D eigenvalue weighted by Crippen LogP contribution is -2.29. The van der Waals surface area contributed by atoms with Gasteiger partial charge < -0.3 is 4.74 Å². The molecule has 0 saturated carbocycles. The van der Waals surface area contributed by atoms with Crippen molar-refractivity contribution in [3.05, 3.63) is 71.0 Å². The van der Waals surface area contributed by atoms with Gasteiger partial charge >= 0.3 is 0 Å². The number of para-hydroxylation sites is 1. The van der Waals surface area contributed by atoms with Gasteiger partial charge in [-0.3, -0.25) is 9.69 Å². The van der Waals surface area contributed by atoms with Crippen molar-refractivity contribution in [2.24, 2.45) is 0 Å². The number of hydrogen-bond donors (Lipinski definition) is 0. The van der Waals surface area contributed by atoms with E-state index in [-0.39, 0.29) is 11.7 Å². The first-order valence-corrected chi connectivity index (χ1v) is 13.1. The minimum atomic E-state index is -0.456. The van der Waals surface area contributed by atoms with Crippen molar-refractivity contribution in [2.75, 3.05) is 13.2 Å². The van der Waals surface area contributed by atoms with Crippen LogP contribution in [-0.4, -0.2) is 38.1 Å². The first-order chi connectivity index (χ1) is 17.0. The van der Waals surface area contributed by atoms with E-state index in [0.717, 1.165) is 31.4 Å². The number of ether oxygens (including phenoxy) is 1. The van der Waals surface area contributed by atoms with Crippen LogP contribution in [0.1, 0.15) is 45.1 Å². The number of carbonyl (C=O) groups excluding carboxylic acids is 1. The fourth-order valence-electron chi connectivity index (χ4n) is 3.88. The van der Waals surface area contributed by atoms with E-state index in [0.29, 0.717) is 39.2 Å². The Morgan fingerprint density at radius 3 is 2.63 bits per heavy atom. The number of carbonyl (C=O) groups is 1. The van der Waals surface area contributed by atoms with E-state index >= 15 is 0 Å². The number of unbranched alkanes of at least 4 members (excludes halogenated alkanes) is 3. The summed E-state index contributed by atoms with van der Waals surface area (Å²) in [4.78, 5) is 15.4. The van der Waals surface area contributed by atoms with E-state index in [1.54, 1.807) is 21.7 Å². The van der Waals surface area contributed by atoms with Crippen LogP contribution in [0.4, 0.5) is 4.39 Å². The lowest BCUT2D eigenvalue weighted by Gasteiger charge is -2.13. The molecule has 182 valence electrons. The molecule has 0 bridgehead atoms. The van der Waals surface area contributed by atoms with Crippen LogP contribution in [0.15, 0.2) is 59.6 Å². The van der Waals surface area contributed by atoms with Crippen LogP contribution < -0.4 is 4.74 Å². The molecule has 1 aliphatic rings. The number of benzene rings is 2. The third-order valence-corrected chi connectivity index (χ3v) is 7.04. The summed E-state index contributed by atoms with van der Waals surface area (Å²) in [5.41, 5.74) is 2.75. The second kappa shape index (κ2) is 11.6. The third kappa shape index (κ3) is 5.82. The average Bonchev–Trinajstić information content (AvgIpc) is 3.40. The monoisotopic (exact) mass is 509 g/mol. The van der Waals surface area contributed by atoms with Crippen LogP contribution in [0.5, 0.6) is 5.75 Å². The number of amides is 1. The minimum Gasteiger partial charge on any atom is -0.491 e. The van der Waals surface area contributed by atoms with Crippen LogP contribution in [-0.2, 0) is 4.79 Å². The topological polar surface area (TPSA) is 47.4 Å². The Labute approximate surface area is 215 Å². The maximum absolute atomic E-state index is 14.7. The van der Waals surface area contributed by atoms with E-state index in [1.165, 1.54) is 17.8 Å². The molecule has 5 nitrogen and oxygen atoms in total. The Morgan fingerprint density at radius 1 is 1.11 bits per heavy atom. The Hall–Kier alpha value is -2.97. The highest BCUT2D eigenvalue weighted by atomic mass is 32.2. The van der Waals surface area contributed by atoms with Crippen molar-refractivity contribution in [2.45, 2.75) is 39.5 Å². The fraction of sp³-hybridized carbons (Fsp3) is 0.296. The molecule has 35 heavy (non-hydrogen) atoms. The SMILES string of the molecule is CCCCCCN1C(=O)/C(=C/c2cn(-c3ccccc3)nc2-c2ccc(OCC)c(F)c2)SC1=S. The van der Waals surface area contributed by atoms with Crippen molar-refractivity contribution >= 4 is 40.3 Å². The van der Waals surface area contributed by atoms with Crippen LogP contribution in [0.2, 0.25) is 0 Å². The van der Waals surface area contributed by atoms with Crippen molar-refractivity contribution in [1.82, 2.24) is 14.7 Å². The molecule has 0 radical (unpaired) electrons. The lowest BCUT2D eigenvalue weighted by molar-refractivity contribution is -0.122. The van der Waals surface area contributed by atoms with Crippen LogP contribution >= 0.6 is 24.0 Å². The molecule has 1 fully saturated rings. The summed E-state index contributed by atoms with van der Waals surface area (Å²) in [5, 5.41) is 4.74. The number of nitrogens with zero attached hydrogens (tertiary/aromatic N) is 3. The second-order valence-electron chi connectivity index (χ2n) is 8.19. The normalized spacial score (nSPS) is 14.8. The zero-order chi connectivity index (χ0) is 24.8. The Morgan fingerprint density at radius 2 is 1.91 bits per heavy atom. The molecule has 3 aromatic rings. The summed E-state index contributed by atoms with van der Waals surface area (Å²) in [6.07, 6.45) is 7.94. The van der Waals surface area contributed by atoms with Crippen LogP contribution in [0.3, 0.4) is 0 Å². The highest BCUT2D eigenvalue weighted by molar-refractivity contribution is 8.26. The molecule has 0 aliphatic carbocycles. The zero-order valence-corrected chi connectivity index (χ0v) is 21.5. The standard InChI is InChI=1S/C27H28FN3O2S2/c1-3-5-6-10-15-30-26(32)24(35-27(30)34)17-20-18-31(21-11-8-7-9-12-21)29-25(20)19-13-14-23(33-4-2)22(28)16-19/h7-9,11-14,16-18H,3-6,10,15H2,1-2H3/b24-17-. The predicted molar refractivity (Wildman–Crippen MR) is 144 cm³/mol.